The molecule has 1 amide bonds. The molecule has 5 nitrogen and oxygen atoms in total. The standard InChI is InChI=1S/C19H18F3N3O2/c1-23(11-13-7-9-14(10-8-13)19(20,21)22)17(26)12-25-16-6-4-3-5-15(16)24(2)18(25)27/h3-10H,11-12H2,1-2H3. The molecule has 0 fully saturated rings. The van der Waals surface area contributed by atoms with Crippen LogP contribution >= 0.6 is 0 Å². The SMILES string of the molecule is CN(Cc1ccc(C(F)(F)F)cc1)C(=O)Cn1c(=O)n(C)c2ccccc21. The summed E-state index contributed by atoms with van der Waals surface area (Å²) in [5, 5.41) is 0. The first-order valence-corrected chi connectivity index (χ1v) is 8.23. The van der Waals surface area contributed by atoms with Crippen molar-refractivity contribution in [2.24, 2.45) is 7.05 Å². The number of alkyl halides is 3. The molecule has 0 unspecified atom stereocenters. The third-order valence-corrected chi connectivity index (χ3v) is 4.47. The minimum Gasteiger partial charge on any atom is -0.340 e. The van der Waals surface area contributed by atoms with Crippen LogP contribution in [-0.2, 0) is 31.1 Å². The molecule has 3 rings (SSSR count). The summed E-state index contributed by atoms with van der Waals surface area (Å²) in [5.41, 5.74) is 0.918. The molecular weight excluding hydrogens is 359 g/mol. The number of rotatable bonds is 4. The van der Waals surface area contributed by atoms with Crippen molar-refractivity contribution in [1.82, 2.24) is 14.0 Å². The molecule has 3 aromatic rings. The summed E-state index contributed by atoms with van der Waals surface area (Å²) in [5.74, 6) is -0.312. The molecule has 8 heteroatoms. The van der Waals surface area contributed by atoms with Gasteiger partial charge in [-0.1, -0.05) is 24.3 Å². The van der Waals surface area contributed by atoms with Gasteiger partial charge in [0.05, 0.1) is 16.6 Å². The van der Waals surface area contributed by atoms with E-state index in [-0.39, 0.29) is 24.7 Å². The second-order valence-corrected chi connectivity index (χ2v) is 6.36. The Morgan fingerprint density at radius 2 is 1.63 bits per heavy atom. The molecule has 0 aliphatic rings. The topological polar surface area (TPSA) is 47.2 Å². The van der Waals surface area contributed by atoms with Gasteiger partial charge in [0.15, 0.2) is 0 Å². The first kappa shape index (κ1) is 18.8. The first-order valence-electron chi connectivity index (χ1n) is 8.23. The number of para-hydroxylation sites is 2. The number of amides is 1. The number of likely N-dealkylation sites (N-methyl/N-ethyl adjacent to an activating group) is 1. The smallest absolute Gasteiger partial charge is 0.340 e. The molecule has 0 N–H and O–H groups in total. The molecule has 0 radical (unpaired) electrons. The second kappa shape index (κ2) is 6.94. The van der Waals surface area contributed by atoms with Crippen LogP contribution in [0.1, 0.15) is 11.1 Å². The highest BCUT2D eigenvalue weighted by atomic mass is 19.4. The van der Waals surface area contributed by atoms with Gasteiger partial charge in [0.1, 0.15) is 6.54 Å². The number of nitrogens with zero attached hydrogens (tertiary/aromatic N) is 3. The lowest BCUT2D eigenvalue weighted by Gasteiger charge is -2.18. The minimum absolute atomic E-state index is 0.142. The minimum atomic E-state index is -4.39. The third-order valence-electron chi connectivity index (χ3n) is 4.47. The predicted molar refractivity (Wildman–Crippen MR) is 95.1 cm³/mol. The van der Waals surface area contributed by atoms with Crippen LogP contribution in [0.3, 0.4) is 0 Å². The molecular formula is C19H18F3N3O2. The highest BCUT2D eigenvalue weighted by molar-refractivity contribution is 5.80. The number of aromatic nitrogens is 2. The maximum absolute atomic E-state index is 12.6. The zero-order valence-electron chi connectivity index (χ0n) is 14.8. The van der Waals surface area contributed by atoms with Gasteiger partial charge in [0, 0.05) is 20.6 Å². The van der Waals surface area contributed by atoms with Crippen LogP contribution in [0.2, 0.25) is 0 Å². The summed E-state index contributed by atoms with van der Waals surface area (Å²) in [6.45, 7) is 0.00775. The van der Waals surface area contributed by atoms with Gasteiger partial charge in [0.2, 0.25) is 5.91 Å². The van der Waals surface area contributed by atoms with E-state index >= 15 is 0 Å². The maximum Gasteiger partial charge on any atom is 0.416 e. The second-order valence-electron chi connectivity index (χ2n) is 6.36. The van der Waals surface area contributed by atoms with Crippen molar-refractivity contribution in [3.8, 4) is 0 Å². The fourth-order valence-corrected chi connectivity index (χ4v) is 2.93. The van der Waals surface area contributed by atoms with E-state index in [1.807, 2.05) is 6.07 Å². The highest BCUT2D eigenvalue weighted by Crippen LogP contribution is 2.29. The molecule has 0 atom stereocenters. The van der Waals surface area contributed by atoms with Crippen molar-refractivity contribution in [3.63, 3.8) is 0 Å². The monoisotopic (exact) mass is 377 g/mol. The fourth-order valence-electron chi connectivity index (χ4n) is 2.93. The molecule has 0 saturated heterocycles. The number of carbonyl (C=O) groups is 1. The number of fused-ring (bicyclic) bond motifs is 1. The van der Waals surface area contributed by atoms with E-state index in [0.29, 0.717) is 11.1 Å². The molecule has 0 spiro atoms. The Hall–Kier alpha value is -3.03. The fraction of sp³-hybridized carbons (Fsp3) is 0.263. The number of aryl methyl sites for hydroxylation is 1. The van der Waals surface area contributed by atoms with Gasteiger partial charge in [-0.2, -0.15) is 13.2 Å². The van der Waals surface area contributed by atoms with E-state index < -0.39 is 11.7 Å². The summed E-state index contributed by atoms with van der Waals surface area (Å²) in [6.07, 6.45) is -4.39. The first-order chi connectivity index (χ1) is 12.7. The van der Waals surface area contributed by atoms with Gasteiger partial charge in [-0.25, -0.2) is 4.79 Å². The van der Waals surface area contributed by atoms with Crippen LogP contribution in [0.4, 0.5) is 13.2 Å². The predicted octanol–water partition coefficient (Wildman–Crippen LogP) is 3.02. The summed E-state index contributed by atoms with van der Waals surface area (Å²) in [6, 6.07) is 11.8. The lowest BCUT2D eigenvalue weighted by Crippen LogP contribution is -2.33. The van der Waals surface area contributed by atoms with E-state index in [4.69, 9.17) is 0 Å². The average Bonchev–Trinajstić information content (AvgIpc) is 2.86. The number of halogens is 3. The van der Waals surface area contributed by atoms with E-state index in [1.54, 1.807) is 32.3 Å². The highest BCUT2D eigenvalue weighted by Gasteiger charge is 2.30. The van der Waals surface area contributed by atoms with Crippen molar-refractivity contribution in [1.29, 1.82) is 0 Å². The molecule has 1 aromatic heterocycles. The number of hydrogen-bond donors (Lipinski definition) is 0. The van der Waals surface area contributed by atoms with Gasteiger partial charge >= 0.3 is 11.9 Å². The molecule has 0 aliphatic heterocycles. The van der Waals surface area contributed by atoms with E-state index in [2.05, 4.69) is 0 Å². The van der Waals surface area contributed by atoms with Crippen LogP contribution in [0.5, 0.6) is 0 Å². The number of imidazole rings is 1. The lowest BCUT2D eigenvalue weighted by molar-refractivity contribution is -0.137. The molecule has 0 bridgehead atoms. The summed E-state index contributed by atoms with van der Waals surface area (Å²) in [4.78, 5) is 26.3. The largest absolute Gasteiger partial charge is 0.416 e. The van der Waals surface area contributed by atoms with Crippen molar-refractivity contribution in [2.75, 3.05) is 7.05 Å². The number of carbonyl (C=O) groups excluding carboxylic acids is 1. The maximum atomic E-state index is 12.6. The van der Waals surface area contributed by atoms with Gasteiger partial charge in [0.25, 0.3) is 0 Å². The van der Waals surface area contributed by atoms with Crippen LogP contribution in [0, 0.1) is 0 Å². The lowest BCUT2D eigenvalue weighted by atomic mass is 10.1. The molecule has 0 aliphatic carbocycles. The Morgan fingerprint density at radius 3 is 2.22 bits per heavy atom. The summed E-state index contributed by atoms with van der Waals surface area (Å²) in [7, 11) is 3.19. The molecule has 2 aromatic carbocycles. The third kappa shape index (κ3) is 3.74. The average molecular weight is 377 g/mol. The normalized spacial score (nSPS) is 11.7. The van der Waals surface area contributed by atoms with Crippen LogP contribution in [0.15, 0.2) is 53.3 Å². The Morgan fingerprint density at radius 1 is 1.04 bits per heavy atom. The quantitative estimate of drug-likeness (QED) is 0.702. The van der Waals surface area contributed by atoms with Crippen molar-refractivity contribution >= 4 is 16.9 Å². The van der Waals surface area contributed by atoms with Gasteiger partial charge < -0.3 is 4.90 Å². The Kier molecular flexibility index (Phi) is 4.82. The van der Waals surface area contributed by atoms with Crippen LogP contribution in [-0.4, -0.2) is 27.0 Å². The number of benzene rings is 2. The zero-order valence-corrected chi connectivity index (χ0v) is 14.8. The van der Waals surface area contributed by atoms with Crippen LogP contribution < -0.4 is 5.69 Å². The summed E-state index contributed by atoms with van der Waals surface area (Å²) >= 11 is 0. The van der Waals surface area contributed by atoms with Gasteiger partial charge in [-0.15, -0.1) is 0 Å². The van der Waals surface area contributed by atoms with Crippen molar-refractivity contribution in [2.45, 2.75) is 19.3 Å². The number of hydrogen-bond acceptors (Lipinski definition) is 2. The Labute approximate surface area is 153 Å². The molecule has 1 heterocycles. The van der Waals surface area contributed by atoms with E-state index in [1.165, 1.54) is 26.2 Å². The summed E-state index contributed by atoms with van der Waals surface area (Å²) < 4.78 is 40.7. The zero-order chi connectivity index (χ0) is 19.8. The van der Waals surface area contributed by atoms with E-state index in [9.17, 15) is 22.8 Å². The van der Waals surface area contributed by atoms with Gasteiger partial charge in [-0.05, 0) is 29.8 Å². The van der Waals surface area contributed by atoms with Crippen LogP contribution in [0.25, 0.3) is 11.0 Å². The molecule has 142 valence electrons. The van der Waals surface area contributed by atoms with Crippen molar-refractivity contribution < 1.29 is 18.0 Å². The Balaban J connectivity index is 1.75. The Bertz CT molecular complexity index is 1030. The molecule has 27 heavy (non-hydrogen) atoms. The molecule has 0 saturated carbocycles. The van der Waals surface area contributed by atoms with E-state index in [0.717, 1.165) is 17.6 Å². The van der Waals surface area contributed by atoms with Crippen molar-refractivity contribution in [3.05, 3.63) is 70.1 Å². The van der Waals surface area contributed by atoms with Gasteiger partial charge in [-0.3, -0.25) is 13.9 Å².